The molecule has 0 aliphatic heterocycles. The highest BCUT2D eigenvalue weighted by Crippen LogP contribution is 2.30. The molecule has 0 spiro atoms. The van der Waals surface area contributed by atoms with Gasteiger partial charge in [-0.2, -0.15) is 0 Å². The molecule has 0 radical (unpaired) electrons. The van der Waals surface area contributed by atoms with E-state index in [0.717, 1.165) is 4.90 Å². The molecule has 6 heteroatoms. The number of anilines is 1. The van der Waals surface area contributed by atoms with Crippen LogP contribution in [-0.2, 0) is 4.79 Å². The van der Waals surface area contributed by atoms with Crippen molar-refractivity contribution in [2.24, 2.45) is 5.84 Å². The smallest absolute Gasteiger partial charge is 0.247 e. The Labute approximate surface area is 97.3 Å². The quantitative estimate of drug-likeness (QED) is 0.247. The molecule has 0 saturated carbocycles. The highest BCUT2D eigenvalue weighted by Gasteiger charge is 2.14. The van der Waals surface area contributed by atoms with Gasteiger partial charge in [0.25, 0.3) is 0 Å². The van der Waals surface area contributed by atoms with E-state index >= 15 is 0 Å². The number of nitrogens with one attached hydrogen (secondary N) is 1. The molecule has 4 nitrogen and oxygen atoms in total. The summed E-state index contributed by atoms with van der Waals surface area (Å²) < 4.78 is 0. The summed E-state index contributed by atoms with van der Waals surface area (Å²) in [6.07, 6.45) is 0. The Bertz CT molecular complexity index is 372. The number of halogens is 1. The van der Waals surface area contributed by atoms with Gasteiger partial charge in [0.15, 0.2) is 0 Å². The molecule has 15 heavy (non-hydrogen) atoms. The van der Waals surface area contributed by atoms with Crippen LogP contribution in [0.5, 0.6) is 0 Å². The van der Waals surface area contributed by atoms with Crippen molar-refractivity contribution in [2.45, 2.75) is 17.1 Å². The van der Waals surface area contributed by atoms with Crippen LogP contribution in [0, 0.1) is 0 Å². The van der Waals surface area contributed by atoms with Crippen LogP contribution >= 0.6 is 23.4 Å². The summed E-state index contributed by atoms with van der Waals surface area (Å²) >= 11 is 7.14. The molecule has 0 saturated heterocycles. The van der Waals surface area contributed by atoms with Crippen LogP contribution in [-0.4, -0.2) is 11.2 Å². The highest BCUT2D eigenvalue weighted by molar-refractivity contribution is 8.00. The van der Waals surface area contributed by atoms with E-state index in [9.17, 15) is 4.79 Å². The second kappa shape index (κ2) is 5.25. The van der Waals surface area contributed by atoms with Crippen molar-refractivity contribution in [3.05, 3.63) is 23.2 Å². The Morgan fingerprint density at radius 2 is 2.27 bits per heavy atom. The number of hydrogen-bond donors (Lipinski definition) is 3. The van der Waals surface area contributed by atoms with E-state index in [0.29, 0.717) is 10.7 Å². The number of hydrogen-bond acceptors (Lipinski definition) is 4. The van der Waals surface area contributed by atoms with Gasteiger partial charge in [-0.1, -0.05) is 11.6 Å². The Morgan fingerprint density at radius 3 is 2.87 bits per heavy atom. The van der Waals surface area contributed by atoms with Gasteiger partial charge in [-0.15, -0.1) is 11.8 Å². The van der Waals surface area contributed by atoms with E-state index in [1.54, 1.807) is 25.1 Å². The predicted octanol–water partition coefficient (Wildman–Crippen LogP) is 1.39. The van der Waals surface area contributed by atoms with Crippen LogP contribution in [0.2, 0.25) is 5.02 Å². The third-order valence-electron chi connectivity index (χ3n) is 1.79. The molecule has 1 aromatic rings. The first-order chi connectivity index (χ1) is 7.04. The average Bonchev–Trinajstić information content (AvgIpc) is 2.22. The van der Waals surface area contributed by atoms with Gasteiger partial charge in [0, 0.05) is 15.6 Å². The molecule has 1 rings (SSSR count). The highest BCUT2D eigenvalue weighted by atomic mass is 35.5. The first-order valence-electron chi connectivity index (χ1n) is 4.26. The number of nitrogen functional groups attached to an aromatic ring is 1. The summed E-state index contributed by atoms with van der Waals surface area (Å²) in [5.74, 6) is 4.77. The van der Waals surface area contributed by atoms with E-state index < -0.39 is 0 Å². The van der Waals surface area contributed by atoms with E-state index in [-0.39, 0.29) is 11.2 Å². The van der Waals surface area contributed by atoms with Crippen molar-refractivity contribution in [1.82, 2.24) is 5.43 Å². The van der Waals surface area contributed by atoms with Crippen molar-refractivity contribution in [1.29, 1.82) is 0 Å². The lowest BCUT2D eigenvalue weighted by atomic mass is 10.3. The van der Waals surface area contributed by atoms with Gasteiger partial charge in [0.05, 0.1) is 5.25 Å². The monoisotopic (exact) mass is 245 g/mol. The van der Waals surface area contributed by atoms with Crippen molar-refractivity contribution >= 4 is 35.0 Å². The number of carbonyl (C=O) groups is 1. The summed E-state index contributed by atoms with van der Waals surface area (Å²) in [6.45, 7) is 1.74. The minimum atomic E-state index is -0.309. The molecule has 0 fully saturated rings. The van der Waals surface area contributed by atoms with E-state index in [1.165, 1.54) is 11.8 Å². The SMILES string of the molecule is CC(Sc1cc(Cl)ccc1N)C(=O)NN. The van der Waals surface area contributed by atoms with Crippen molar-refractivity contribution in [3.63, 3.8) is 0 Å². The van der Waals surface area contributed by atoms with Gasteiger partial charge in [-0.05, 0) is 25.1 Å². The number of benzene rings is 1. The number of amides is 1. The standard InChI is InChI=1S/C9H12ClN3OS/c1-5(9(14)13-12)15-8-4-6(10)2-3-7(8)11/h2-5H,11-12H2,1H3,(H,13,14). The molecule has 1 amide bonds. The fourth-order valence-electron chi connectivity index (χ4n) is 0.972. The van der Waals surface area contributed by atoms with Crippen LogP contribution in [0.25, 0.3) is 0 Å². The molecule has 82 valence electrons. The predicted molar refractivity (Wildman–Crippen MR) is 63.5 cm³/mol. The lowest BCUT2D eigenvalue weighted by Gasteiger charge is -2.11. The molecular weight excluding hydrogens is 234 g/mol. The van der Waals surface area contributed by atoms with Crippen molar-refractivity contribution in [3.8, 4) is 0 Å². The molecule has 1 atom stereocenters. The first kappa shape index (κ1) is 12.2. The Balaban J connectivity index is 2.80. The van der Waals surface area contributed by atoms with Gasteiger partial charge in [0.2, 0.25) is 5.91 Å². The molecule has 0 aliphatic rings. The summed E-state index contributed by atoms with van der Waals surface area (Å²) in [7, 11) is 0. The Morgan fingerprint density at radius 1 is 1.60 bits per heavy atom. The van der Waals surface area contributed by atoms with Crippen LogP contribution in [0.4, 0.5) is 5.69 Å². The number of rotatable bonds is 3. The van der Waals surface area contributed by atoms with Crippen molar-refractivity contribution < 1.29 is 4.79 Å². The summed E-state index contributed by atoms with van der Waals surface area (Å²) in [5.41, 5.74) is 8.42. The molecular formula is C9H12ClN3OS. The fourth-order valence-corrected chi connectivity index (χ4v) is 2.16. The van der Waals surface area contributed by atoms with Gasteiger partial charge >= 0.3 is 0 Å². The minimum absolute atomic E-state index is 0.251. The molecule has 0 heterocycles. The topological polar surface area (TPSA) is 81.1 Å². The third kappa shape index (κ3) is 3.30. The van der Waals surface area contributed by atoms with Gasteiger partial charge in [-0.25, -0.2) is 5.84 Å². The van der Waals surface area contributed by atoms with Gasteiger partial charge in [0.1, 0.15) is 0 Å². The lowest BCUT2D eigenvalue weighted by molar-refractivity contribution is -0.120. The zero-order valence-electron chi connectivity index (χ0n) is 8.16. The molecule has 5 N–H and O–H groups in total. The Kier molecular flexibility index (Phi) is 4.26. The van der Waals surface area contributed by atoms with Gasteiger partial charge < -0.3 is 5.73 Å². The summed E-state index contributed by atoms with van der Waals surface area (Å²) in [4.78, 5) is 12.0. The lowest BCUT2D eigenvalue weighted by Crippen LogP contribution is -2.36. The summed E-state index contributed by atoms with van der Waals surface area (Å²) in [6, 6.07) is 5.13. The maximum Gasteiger partial charge on any atom is 0.247 e. The second-order valence-corrected chi connectivity index (χ2v) is 4.77. The zero-order chi connectivity index (χ0) is 11.4. The first-order valence-corrected chi connectivity index (χ1v) is 5.52. The van der Waals surface area contributed by atoms with Crippen LogP contribution < -0.4 is 17.0 Å². The van der Waals surface area contributed by atoms with Crippen LogP contribution in [0.1, 0.15) is 6.92 Å². The largest absolute Gasteiger partial charge is 0.398 e. The molecule has 1 aromatic carbocycles. The van der Waals surface area contributed by atoms with Crippen LogP contribution in [0.3, 0.4) is 0 Å². The zero-order valence-corrected chi connectivity index (χ0v) is 9.73. The third-order valence-corrected chi connectivity index (χ3v) is 3.20. The maximum atomic E-state index is 11.2. The molecule has 0 aromatic heterocycles. The summed E-state index contributed by atoms with van der Waals surface area (Å²) in [5, 5.41) is 0.280. The number of hydrazine groups is 1. The molecule has 1 unspecified atom stereocenters. The average molecular weight is 246 g/mol. The number of thioether (sulfide) groups is 1. The number of carbonyl (C=O) groups excluding carboxylic acids is 1. The van der Waals surface area contributed by atoms with E-state index in [1.807, 2.05) is 0 Å². The number of nitrogens with two attached hydrogens (primary N) is 2. The molecule has 0 bridgehead atoms. The van der Waals surface area contributed by atoms with Gasteiger partial charge in [-0.3, -0.25) is 10.2 Å². The minimum Gasteiger partial charge on any atom is -0.398 e. The molecule has 0 aliphatic carbocycles. The van der Waals surface area contributed by atoms with E-state index in [2.05, 4.69) is 5.43 Å². The maximum absolute atomic E-state index is 11.2. The van der Waals surface area contributed by atoms with Crippen LogP contribution in [0.15, 0.2) is 23.1 Å². The normalized spacial score (nSPS) is 12.2. The fraction of sp³-hybridized carbons (Fsp3) is 0.222. The second-order valence-electron chi connectivity index (χ2n) is 2.95. The van der Waals surface area contributed by atoms with E-state index in [4.69, 9.17) is 23.2 Å². The Hall–Kier alpha value is -0.910. The van der Waals surface area contributed by atoms with Crippen molar-refractivity contribution in [2.75, 3.05) is 5.73 Å².